The zero-order chi connectivity index (χ0) is 14.9. The maximum atomic E-state index is 6.04. The number of hydrogen-bond donors (Lipinski definition) is 1. The second-order valence-corrected chi connectivity index (χ2v) is 14.9. The highest BCUT2D eigenvalue weighted by Gasteiger charge is 2.56. The smallest absolute Gasteiger partial charge is 0.373 e. The Morgan fingerprint density at radius 3 is 1.26 bits per heavy atom. The van der Waals surface area contributed by atoms with Crippen LogP contribution in [0.2, 0.25) is 18.1 Å². The highest BCUT2D eigenvalue weighted by molar-refractivity contribution is 7.85. The summed E-state index contributed by atoms with van der Waals surface area (Å²) >= 11 is 4.98. The zero-order valence-corrected chi connectivity index (χ0v) is 16.4. The van der Waals surface area contributed by atoms with E-state index >= 15 is 0 Å². The molecule has 6 heteroatoms. The van der Waals surface area contributed by atoms with Crippen LogP contribution in [0.5, 0.6) is 0 Å². The van der Waals surface area contributed by atoms with Crippen LogP contribution in [0.4, 0.5) is 0 Å². The standard InChI is InChI=1S/C13H32O3SSi2/c1-7-14-19(15-8-2,16-9-3)13(17)18(10-4,11-5)12-6/h13,17H,7-12H2,1-6H3/t13-/m0/s1. The molecule has 0 unspecified atom stereocenters. The van der Waals surface area contributed by atoms with Gasteiger partial charge in [0.15, 0.2) is 0 Å². The molecule has 3 nitrogen and oxygen atoms in total. The van der Waals surface area contributed by atoms with E-state index in [1.54, 1.807) is 0 Å². The monoisotopic (exact) mass is 324 g/mol. The summed E-state index contributed by atoms with van der Waals surface area (Å²) < 4.78 is 18.3. The van der Waals surface area contributed by atoms with Crippen molar-refractivity contribution in [1.29, 1.82) is 0 Å². The van der Waals surface area contributed by atoms with Crippen molar-refractivity contribution in [3.63, 3.8) is 0 Å². The number of rotatable bonds is 11. The third kappa shape index (κ3) is 4.57. The van der Waals surface area contributed by atoms with E-state index in [-0.39, 0.29) is 4.50 Å². The molecule has 0 bridgehead atoms. The highest BCUT2D eigenvalue weighted by atomic mass is 32.1. The highest BCUT2D eigenvalue weighted by Crippen LogP contribution is 2.35. The Bertz CT molecular complexity index is 213. The zero-order valence-electron chi connectivity index (χ0n) is 13.5. The van der Waals surface area contributed by atoms with Gasteiger partial charge in [0.2, 0.25) is 0 Å². The summed E-state index contributed by atoms with van der Waals surface area (Å²) in [5.41, 5.74) is 0. The molecule has 0 aromatic rings. The van der Waals surface area contributed by atoms with Crippen LogP contribution in [0.1, 0.15) is 41.5 Å². The van der Waals surface area contributed by atoms with Crippen LogP contribution in [0.3, 0.4) is 0 Å². The molecule has 0 aliphatic rings. The third-order valence-electron chi connectivity index (χ3n) is 4.06. The first-order chi connectivity index (χ1) is 9.02. The van der Waals surface area contributed by atoms with E-state index in [1.165, 1.54) is 18.1 Å². The molecule has 1 atom stereocenters. The van der Waals surface area contributed by atoms with Gasteiger partial charge in [0, 0.05) is 19.8 Å². The second kappa shape index (κ2) is 9.57. The molecule has 0 spiro atoms. The SMILES string of the molecule is CCO[Si](OCC)(OCC)[C@@H](S)[Si](CC)(CC)CC. The Morgan fingerprint density at radius 1 is 0.737 bits per heavy atom. The lowest BCUT2D eigenvalue weighted by Gasteiger charge is -2.42. The fourth-order valence-corrected chi connectivity index (χ4v) is 15.2. The van der Waals surface area contributed by atoms with Crippen molar-refractivity contribution in [2.24, 2.45) is 0 Å². The minimum absolute atomic E-state index is 0.167. The first-order valence-electron chi connectivity index (χ1n) is 7.62. The Hall–Kier alpha value is 0.664. The van der Waals surface area contributed by atoms with Gasteiger partial charge < -0.3 is 13.3 Å². The van der Waals surface area contributed by atoms with E-state index in [0.717, 1.165) is 0 Å². The van der Waals surface area contributed by atoms with Gasteiger partial charge in [0.05, 0.1) is 12.6 Å². The van der Waals surface area contributed by atoms with E-state index in [4.69, 9.17) is 25.9 Å². The van der Waals surface area contributed by atoms with Gasteiger partial charge in [-0.2, -0.15) is 12.6 Å². The van der Waals surface area contributed by atoms with Gasteiger partial charge in [-0.05, 0) is 20.8 Å². The topological polar surface area (TPSA) is 27.7 Å². The quantitative estimate of drug-likeness (QED) is 0.461. The van der Waals surface area contributed by atoms with Crippen molar-refractivity contribution in [1.82, 2.24) is 0 Å². The Morgan fingerprint density at radius 2 is 1.05 bits per heavy atom. The van der Waals surface area contributed by atoms with Crippen LogP contribution in [0.25, 0.3) is 0 Å². The summed E-state index contributed by atoms with van der Waals surface area (Å²) in [6, 6.07) is 3.61. The number of hydrogen-bond acceptors (Lipinski definition) is 4. The minimum atomic E-state index is -2.67. The molecule has 0 saturated heterocycles. The average Bonchev–Trinajstić information content (AvgIpc) is 2.42. The van der Waals surface area contributed by atoms with Gasteiger partial charge in [0.1, 0.15) is 0 Å². The summed E-state index contributed by atoms with van der Waals surface area (Å²) in [5, 5.41) is 0. The average molecular weight is 325 g/mol. The van der Waals surface area contributed by atoms with Gasteiger partial charge in [0.25, 0.3) is 0 Å². The Labute approximate surface area is 127 Å². The lowest BCUT2D eigenvalue weighted by atomic mass is 10.9. The third-order valence-corrected chi connectivity index (χ3v) is 17.7. The normalized spacial score (nSPS) is 14.7. The first-order valence-corrected chi connectivity index (χ1v) is 12.6. The van der Waals surface area contributed by atoms with Gasteiger partial charge in [-0.1, -0.05) is 38.9 Å². The van der Waals surface area contributed by atoms with Crippen molar-refractivity contribution in [3.8, 4) is 0 Å². The van der Waals surface area contributed by atoms with Crippen LogP contribution in [-0.2, 0) is 13.3 Å². The predicted octanol–water partition coefficient (Wildman–Crippen LogP) is 3.92. The Balaban J connectivity index is 5.41. The molecule has 0 rings (SSSR count). The lowest BCUT2D eigenvalue weighted by molar-refractivity contribution is 0.0739. The number of thiol groups is 1. The molecule has 0 aliphatic carbocycles. The van der Waals surface area contributed by atoms with Gasteiger partial charge in [-0.25, -0.2) is 0 Å². The molecule has 0 aliphatic heterocycles. The van der Waals surface area contributed by atoms with Crippen molar-refractivity contribution in [2.75, 3.05) is 19.8 Å². The molecular formula is C13H32O3SSi2. The molecule has 0 aromatic carbocycles. The van der Waals surface area contributed by atoms with Crippen LogP contribution >= 0.6 is 12.6 Å². The maximum Gasteiger partial charge on any atom is 0.511 e. The molecule has 19 heavy (non-hydrogen) atoms. The van der Waals surface area contributed by atoms with Gasteiger partial charge >= 0.3 is 8.80 Å². The van der Waals surface area contributed by atoms with E-state index in [9.17, 15) is 0 Å². The molecular weight excluding hydrogens is 292 g/mol. The lowest BCUT2D eigenvalue weighted by Crippen LogP contribution is -2.64. The molecule has 0 amide bonds. The van der Waals surface area contributed by atoms with Crippen LogP contribution in [0.15, 0.2) is 0 Å². The van der Waals surface area contributed by atoms with Crippen LogP contribution in [-0.4, -0.2) is 41.2 Å². The summed E-state index contributed by atoms with van der Waals surface area (Å²) in [5.74, 6) is 0. The van der Waals surface area contributed by atoms with Crippen molar-refractivity contribution < 1.29 is 13.3 Å². The van der Waals surface area contributed by atoms with E-state index in [0.29, 0.717) is 19.8 Å². The first kappa shape index (κ1) is 19.7. The van der Waals surface area contributed by atoms with Gasteiger partial charge in [-0.3, -0.25) is 0 Å². The van der Waals surface area contributed by atoms with E-state index in [2.05, 4.69) is 20.8 Å². The molecule has 0 aromatic heterocycles. The van der Waals surface area contributed by atoms with Crippen molar-refractivity contribution in [2.45, 2.75) is 64.2 Å². The fraction of sp³-hybridized carbons (Fsp3) is 1.00. The molecule has 0 radical (unpaired) electrons. The largest absolute Gasteiger partial charge is 0.511 e. The summed E-state index contributed by atoms with van der Waals surface area (Å²) in [4.78, 5) is 0. The summed E-state index contributed by atoms with van der Waals surface area (Å²) in [6.45, 7) is 14.8. The molecule has 0 N–H and O–H groups in total. The maximum absolute atomic E-state index is 6.04. The molecule has 0 fully saturated rings. The predicted molar refractivity (Wildman–Crippen MR) is 90.6 cm³/mol. The fourth-order valence-electron chi connectivity index (χ4n) is 2.67. The van der Waals surface area contributed by atoms with E-state index < -0.39 is 16.9 Å². The second-order valence-electron chi connectivity index (χ2n) is 4.73. The van der Waals surface area contributed by atoms with Crippen molar-refractivity contribution in [3.05, 3.63) is 0 Å². The minimum Gasteiger partial charge on any atom is -0.373 e. The van der Waals surface area contributed by atoms with Gasteiger partial charge in [-0.15, -0.1) is 0 Å². The van der Waals surface area contributed by atoms with Crippen molar-refractivity contribution >= 4 is 29.5 Å². The van der Waals surface area contributed by atoms with Crippen LogP contribution in [0, 0.1) is 0 Å². The molecule has 0 heterocycles. The Kier molecular flexibility index (Phi) is 9.91. The molecule has 0 saturated carbocycles. The summed E-state index contributed by atoms with van der Waals surface area (Å²) in [6.07, 6.45) is 0. The van der Waals surface area contributed by atoms with Crippen LogP contribution < -0.4 is 0 Å². The van der Waals surface area contributed by atoms with E-state index in [1.807, 2.05) is 20.8 Å². The summed E-state index contributed by atoms with van der Waals surface area (Å²) in [7, 11) is -4.19. The molecule has 116 valence electrons.